The average Bonchev–Trinajstić information content (AvgIpc) is 1.61. The second kappa shape index (κ2) is 4.17. The first-order chi connectivity index (χ1) is 3.27. The van der Waals surface area contributed by atoms with Crippen molar-refractivity contribution < 1.29 is 0 Å². The normalized spacial score (nSPS) is 10.3. The van der Waals surface area contributed by atoms with Crippen molar-refractivity contribution in [3.05, 3.63) is 6.92 Å². The van der Waals surface area contributed by atoms with Crippen molar-refractivity contribution in [2.24, 2.45) is 5.92 Å². The standard InChI is InChI=1S/C7H14/c1-4-5-6-7(2)3/h2,7H,4-6H2,1,3H3. The fraction of sp³-hybridized carbons (Fsp3) is 0.857. The Morgan fingerprint density at radius 3 is 2.29 bits per heavy atom. The van der Waals surface area contributed by atoms with E-state index in [1.165, 1.54) is 19.3 Å². The van der Waals surface area contributed by atoms with Crippen LogP contribution in [0.15, 0.2) is 0 Å². The van der Waals surface area contributed by atoms with Gasteiger partial charge >= 0.3 is 0 Å². The van der Waals surface area contributed by atoms with Crippen molar-refractivity contribution in [3.8, 4) is 0 Å². The summed E-state index contributed by atoms with van der Waals surface area (Å²) in [6.07, 6.45) is 3.72. The van der Waals surface area contributed by atoms with Crippen LogP contribution < -0.4 is 0 Å². The Morgan fingerprint density at radius 1 is 1.57 bits per heavy atom. The van der Waals surface area contributed by atoms with Gasteiger partial charge in [0, 0.05) is 0 Å². The molecule has 0 rings (SSSR count). The van der Waals surface area contributed by atoms with E-state index in [2.05, 4.69) is 13.8 Å². The van der Waals surface area contributed by atoms with Crippen molar-refractivity contribution in [2.75, 3.05) is 0 Å². The third kappa shape index (κ3) is 6.00. The molecule has 0 aliphatic heterocycles. The molecule has 7 heavy (non-hydrogen) atoms. The van der Waals surface area contributed by atoms with E-state index in [1.807, 2.05) is 0 Å². The number of rotatable bonds is 3. The molecule has 0 heterocycles. The van der Waals surface area contributed by atoms with Crippen molar-refractivity contribution in [2.45, 2.75) is 33.1 Å². The molecule has 2 radical (unpaired) electrons. The van der Waals surface area contributed by atoms with Crippen LogP contribution in [-0.4, -0.2) is 0 Å². The highest BCUT2D eigenvalue weighted by Gasteiger charge is 1.89. The molecule has 0 spiro atoms. The molecule has 0 nitrogen and oxygen atoms in total. The Balaban J connectivity index is 2.68. The summed E-state index contributed by atoms with van der Waals surface area (Å²) in [4.78, 5) is 0. The lowest BCUT2D eigenvalue weighted by molar-refractivity contribution is 0.595. The molecule has 0 fully saturated rings. The molecule has 0 heteroatoms. The Labute approximate surface area is 46.9 Å². The third-order valence-electron chi connectivity index (χ3n) is 1.01. The summed E-state index contributed by atoms with van der Waals surface area (Å²) >= 11 is 0. The largest absolute Gasteiger partial charge is 0.0654 e. The Kier molecular flexibility index (Phi) is 4.17. The molecule has 0 aliphatic rings. The molecule has 0 aromatic rings. The first-order valence-electron chi connectivity index (χ1n) is 3.03. The van der Waals surface area contributed by atoms with Crippen molar-refractivity contribution in [3.63, 3.8) is 0 Å². The molecule has 0 aromatic carbocycles. The van der Waals surface area contributed by atoms with E-state index in [9.17, 15) is 0 Å². The van der Waals surface area contributed by atoms with Gasteiger partial charge in [0.15, 0.2) is 0 Å². The van der Waals surface area contributed by atoms with Crippen LogP contribution in [0.5, 0.6) is 0 Å². The maximum atomic E-state index is 5.48. The highest BCUT2D eigenvalue weighted by atomic mass is 13.9. The van der Waals surface area contributed by atoms with Crippen LogP contribution in [0.25, 0.3) is 0 Å². The Morgan fingerprint density at radius 2 is 2.14 bits per heavy atom. The molecule has 0 amide bonds. The average molecular weight is 98.2 g/mol. The summed E-state index contributed by atoms with van der Waals surface area (Å²) in [5.74, 6) is 0.403. The second-order valence-electron chi connectivity index (χ2n) is 2.12. The minimum atomic E-state index is 0.403. The highest BCUT2D eigenvalue weighted by Crippen LogP contribution is 2.03. The van der Waals surface area contributed by atoms with Gasteiger partial charge in [0.2, 0.25) is 0 Å². The summed E-state index contributed by atoms with van der Waals surface area (Å²) in [6.45, 7) is 9.71. The van der Waals surface area contributed by atoms with Crippen molar-refractivity contribution in [1.29, 1.82) is 0 Å². The van der Waals surface area contributed by atoms with E-state index in [1.54, 1.807) is 0 Å². The molecule has 0 bridgehead atoms. The third-order valence-corrected chi connectivity index (χ3v) is 1.01. The summed E-state index contributed by atoms with van der Waals surface area (Å²) in [6, 6.07) is 0. The molecular formula is C7H14. The summed E-state index contributed by atoms with van der Waals surface area (Å²) < 4.78 is 0. The van der Waals surface area contributed by atoms with Gasteiger partial charge in [0.25, 0.3) is 0 Å². The van der Waals surface area contributed by atoms with Crippen LogP contribution in [0.2, 0.25) is 0 Å². The molecular weight excluding hydrogens is 84.1 g/mol. The minimum absolute atomic E-state index is 0.403. The maximum absolute atomic E-state index is 5.48. The summed E-state index contributed by atoms with van der Waals surface area (Å²) in [5, 5.41) is 0. The molecule has 0 aliphatic carbocycles. The second-order valence-corrected chi connectivity index (χ2v) is 2.12. The van der Waals surface area contributed by atoms with Gasteiger partial charge in [-0.15, -0.1) is 0 Å². The number of hydrogen-bond donors (Lipinski definition) is 0. The monoisotopic (exact) mass is 98.1 g/mol. The van der Waals surface area contributed by atoms with Crippen molar-refractivity contribution >= 4 is 0 Å². The molecule has 0 aromatic heterocycles. The van der Waals surface area contributed by atoms with E-state index in [4.69, 9.17) is 6.92 Å². The van der Waals surface area contributed by atoms with Gasteiger partial charge in [-0.2, -0.15) is 0 Å². The summed E-state index contributed by atoms with van der Waals surface area (Å²) in [5.41, 5.74) is 0. The topological polar surface area (TPSA) is 0 Å². The van der Waals surface area contributed by atoms with Gasteiger partial charge in [-0.3, -0.25) is 0 Å². The van der Waals surface area contributed by atoms with E-state index < -0.39 is 0 Å². The van der Waals surface area contributed by atoms with E-state index >= 15 is 0 Å². The van der Waals surface area contributed by atoms with Crippen LogP contribution in [0.3, 0.4) is 0 Å². The molecule has 0 saturated heterocycles. The molecule has 0 N–H and O–H groups in total. The predicted molar refractivity (Wildman–Crippen MR) is 33.0 cm³/mol. The quantitative estimate of drug-likeness (QED) is 0.509. The van der Waals surface area contributed by atoms with E-state index in [-0.39, 0.29) is 0 Å². The van der Waals surface area contributed by atoms with Gasteiger partial charge < -0.3 is 0 Å². The molecule has 1 unspecified atom stereocenters. The van der Waals surface area contributed by atoms with Crippen LogP contribution in [-0.2, 0) is 0 Å². The van der Waals surface area contributed by atoms with Crippen LogP contribution >= 0.6 is 0 Å². The fourth-order valence-corrected chi connectivity index (χ4v) is 0.526. The van der Waals surface area contributed by atoms with Crippen molar-refractivity contribution in [1.82, 2.24) is 0 Å². The van der Waals surface area contributed by atoms with Gasteiger partial charge in [-0.1, -0.05) is 33.1 Å². The van der Waals surface area contributed by atoms with Crippen LogP contribution in [0.1, 0.15) is 33.1 Å². The Hall–Kier alpha value is 0. The van der Waals surface area contributed by atoms with Gasteiger partial charge in [-0.25, -0.2) is 0 Å². The van der Waals surface area contributed by atoms with Gasteiger partial charge in [-0.05, 0) is 12.8 Å². The Bertz CT molecular complexity index is 29.0. The lowest BCUT2D eigenvalue weighted by Gasteiger charge is -1.98. The zero-order valence-corrected chi connectivity index (χ0v) is 5.28. The molecule has 0 saturated carbocycles. The zero-order valence-electron chi connectivity index (χ0n) is 5.28. The number of unbranched alkanes of at least 4 members (excludes halogenated alkanes) is 1. The van der Waals surface area contributed by atoms with Crippen LogP contribution in [0.4, 0.5) is 0 Å². The van der Waals surface area contributed by atoms with E-state index in [0.29, 0.717) is 5.92 Å². The smallest absolute Gasteiger partial charge is 0.0321 e. The van der Waals surface area contributed by atoms with Gasteiger partial charge in [0.05, 0.1) is 0 Å². The predicted octanol–water partition coefficient (Wildman–Crippen LogP) is 2.52. The van der Waals surface area contributed by atoms with E-state index in [0.717, 1.165) is 0 Å². The molecule has 42 valence electrons. The maximum Gasteiger partial charge on any atom is -0.0321 e. The minimum Gasteiger partial charge on any atom is -0.0654 e. The highest BCUT2D eigenvalue weighted by molar-refractivity contribution is 4.51. The SMILES string of the molecule is [CH]C(C)CCCC. The van der Waals surface area contributed by atoms with Gasteiger partial charge in [0.1, 0.15) is 0 Å². The zero-order chi connectivity index (χ0) is 5.70. The summed E-state index contributed by atoms with van der Waals surface area (Å²) in [7, 11) is 0. The molecule has 1 atom stereocenters. The van der Waals surface area contributed by atoms with Crippen LogP contribution in [0, 0.1) is 12.8 Å². The lowest BCUT2D eigenvalue weighted by Crippen LogP contribution is -1.84. The first kappa shape index (κ1) is 7.00. The number of hydrogen-bond acceptors (Lipinski definition) is 0. The fourth-order valence-electron chi connectivity index (χ4n) is 0.526. The lowest BCUT2D eigenvalue weighted by atomic mass is 10.1. The first-order valence-corrected chi connectivity index (χ1v) is 3.03.